The third kappa shape index (κ3) is 4.42. The molecule has 6 nitrogen and oxygen atoms in total. The molecule has 2 amide bonds. The van der Waals surface area contributed by atoms with Crippen LogP contribution < -0.4 is 0 Å². The van der Waals surface area contributed by atoms with E-state index in [2.05, 4.69) is 0 Å². The normalized spacial score (nSPS) is 22.7. The topological polar surface area (TPSA) is 74.8 Å². The molecule has 0 bridgehead atoms. The molecular formula is C17H19F3N2O4S. The highest BCUT2D eigenvalue weighted by molar-refractivity contribution is 7.91. The summed E-state index contributed by atoms with van der Waals surface area (Å²) in [6.45, 7) is 1.07. The fraction of sp³-hybridized carbons (Fsp3) is 0.529. The van der Waals surface area contributed by atoms with Crippen molar-refractivity contribution in [3.63, 3.8) is 0 Å². The van der Waals surface area contributed by atoms with Crippen LogP contribution in [0.25, 0.3) is 0 Å². The number of benzene rings is 1. The van der Waals surface area contributed by atoms with Crippen molar-refractivity contribution in [3.05, 3.63) is 35.4 Å². The van der Waals surface area contributed by atoms with E-state index in [1.54, 1.807) is 4.90 Å². The van der Waals surface area contributed by atoms with Crippen LogP contribution in [0.5, 0.6) is 0 Å². The Balaban J connectivity index is 1.57. The summed E-state index contributed by atoms with van der Waals surface area (Å²) in [6, 6.07) is 4.03. The molecule has 2 heterocycles. The summed E-state index contributed by atoms with van der Waals surface area (Å²) in [4.78, 5) is 27.9. The molecule has 27 heavy (non-hydrogen) atoms. The van der Waals surface area contributed by atoms with Crippen LogP contribution in [-0.4, -0.2) is 67.7 Å². The van der Waals surface area contributed by atoms with Gasteiger partial charge in [0.25, 0.3) is 5.91 Å². The molecule has 0 aliphatic carbocycles. The average molecular weight is 404 g/mol. The number of hydrogen-bond acceptors (Lipinski definition) is 4. The number of hydrogen-bond donors (Lipinski definition) is 0. The maximum Gasteiger partial charge on any atom is 0.416 e. The SMILES string of the molecule is O=C(c1ccc(C(F)(F)F)cc1)N1CCN(C(=O)C2CCS(=O)(=O)C2)CC1. The molecule has 148 valence electrons. The zero-order chi connectivity index (χ0) is 19.8. The van der Waals surface area contributed by atoms with Crippen molar-refractivity contribution in [1.29, 1.82) is 0 Å². The molecule has 1 atom stereocenters. The standard InChI is InChI=1S/C17H19F3N2O4S/c18-17(19,20)14-3-1-12(2-4-14)15(23)21-6-8-22(9-7-21)16(24)13-5-10-27(25,26)11-13/h1-4,13H,5-11H2. The lowest BCUT2D eigenvalue weighted by atomic mass is 10.1. The van der Waals surface area contributed by atoms with E-state index in [9.17, 15) is 31.2 Å². The number of sulfone groups is 1. The molecule has 0 N–H and O–H groups in total. The maximum atomic E-state index is 12.6. The summed E-state index contributed by atoms with van der Waals surface area (Å²) < 4.78 is 60.8. The summed E-state index contributed by atoms with van der Waals surface area (Å²) >= 11 is 0. The van der Waals surface area contributed by atoms with Crippen molar-refractivity contribution in [2.24, 2.45) is 5.92 Å². The van der Waals surface area contributed by atoms with Crippen LogP contribution >= 0.6 is 0 Å². The second-order valence-corrected chi connectivity index (χ2v) is 9.02. The molecule has 2 aliphatic heterocycles. The maximum absolute atomic E-state index is 12.6. The van der Waals surface area contributed by atoms with Gasteiger partial charge < -0.3 is 9.80 Å². The van der Waals surface area contributed by atoms with Gasteiger partial charge in [-0.3, -0.25) is 9.59 Å². The van der Waals surface area contributed by atoms with Gasteiger partial charge in [0.2, 0.25) is 5.91 Å². The van der Waals surface area contributed by atoms with Crippen LogP contribution in [0.15, 0.2) is 24.3 Å². The molecule has 10 heteroatoms. The molecular weight excluding hydrogens is 385 g/mol. The van der Waals surface area contributed by atoms with E-state index in [1.165, 1.54) is 4.90 Å². The zero-order valence-corrected chi connectivity index (χ0v) is 15.2. The number of halogens is 3. The number of alkyl halides is 3. The van der Waals surface area contributed by atoms with Crippen molar-refractivity contribution < 1.29 is 31.2 Å². The lowest BCUT2D eigenvalue weighted by Gasteiger charge is -2.36. The number of carbonyl (C=O) groups excluding carboxylic acids is 2. The Kier molecular flexibility index (Phi) is 5.20. The van der Waals surface area contributed by atoms with Gasteiger partial charge >= 0.3 is 6.18 Å². The summed E-state index contributed by atoms with van der Waals surface area (Å²) in [7, 11) is -3.15. The molecule has 2 aliphatic rings. The first kappa shape index (κ1) is 19.7. The largest absolute Gasteiger partial charge is 0.416 e. The number of amides is 2. The third-order valence-corrected chi connectivity index (χ3v) is 6.69. The molecule has 0 saturated carbocycles. The van der Waals surface area contributed by atoms with E-state index < -0.39 is 27.5 Å². The van der Waals surface area contributed by atoms with Crippen LogP contribution in [0, 0.1) is 5.92 Å². The Morgan fingerprint density at radius 2 is 1.52 bits per heavy atom. The summed E-state index contributed by atoms with van der Waals surface area (Å²) in [5, 5.41) is 0. The minimum Gasteiger partial charge on any atom is -0.339 e. The van der Waals surface area contributed by atoms with E-state index in [0.717, 1.165) is 24.3 Å². The van der Waals surface area contributed by atoms with E-state index in [-0.39, 0.29) is 55.1 Å². The first-order valence-corrected chi connectivity index (χ1v) is 10.3. The first-order valence-electron chi connectivity index (χ1n) is 8.52. The summed E-state index contributed by atoms with van der Waals surface area (Å²) in [5.74, 6) is -1.23. The fourth-order valence-corrected chi connectivity index (χ4v) is 5.09. The number of nitrogens with zero attached hydrogens (tertiary/aromatic N) is 2. The highest BCUT2D eigenvalue weighted by Crippen LogP contribution is 2.29. The highest BCUT2D eigenvalue weighted by Gasteiger charge is 2.37. The van der Waals surface area contributed by atoms with Gasteiger partial charge in [-0.25, -0.2) is 8.42 Å². The molecule has 2 fully saturated rings. The van der Waals surface area contributed by atoms with Gasteiger partial charge in [-0.2, -0.15) is 13.2 Å². The van der Waals surface area contributed by atoms with Crippen LogP contribution in [0.4, 0.5) is 13.2 Å². The van der Waals surface area contributed by atoms with Crippen molar-refractivity contribution in [3.8, 4) is 0 Å². The first-order chi connectivity index (χ1) is 12.6. The summed E-state index contributed by atoms with van der Waals surface area (Å²) in [6.07, 6.45) is -4.13. The average Bonchev–Trinajstić information content (AvgIpc) is 3.00. The fourth-order valence-electron chi connectivity index (χ4n) is 3.36. The molecule has 0 aromatic heterocycles. The Morgan fingerprint density at radius 3 is 2.00 bits per heavy atom. The third-order valence-electron chi connectivity index (χ3n) is 4.92. The number of rotatable bonds is 2. The Hall–Kier alpha value is -2.10. The van der Waals surface area contributed by atoms with Crippen LogP contribution in [0.3, 0.4) is 0 Å². The lowest BCUT2D eigenvalue weighted by molar-refractivity contribution is -0.137. The van der Waals surface area contributed by atoms with E-state index in [4.69, 9.17) is 0 Å². The second kappa shape index (κ2) is 7.14. The van der Waals surface area contributed by atoms with Gasteiger partial charge in [0, 0.05) is 31.7 Å². The Bertz CT molecular complexity index is 829. The minimum absolute atomic E-state index is 0.0236. The predicted molar refractivity (Wildman–Crippen MR) is 90.7 cm³/mol. The van der Waals surface area contributed by atoms with E-state index in [0.29, 0.717) is 6.42 Å². The van der Waals surface area contributed by atoms with Crippen LogP contribution in [0.1, 0.15) is 22.3 Å². The predicted octanol–water partition coefficient (Wildman–Crippen LogP) is 1.42. The second-order valence-electron chi connectivity index (χ2n) is 6.79. The molecule has 0 spiro atoms. The minimum atomic E-state index is -4.46. The molecule has 2 saturated heterocycles. The van der Waals surface area contributed by atoms with E-state index in [1.807, 2.05) is 0 Å². The van der Waals surface area contributed by atoms with Crippen LogP contribution in [0.2, 0.25) is 0 Å². The Morgan fingerprint density at radius 1 is 0.963 bits per heavy atom. The van der Waals surface area contributed by atoms with Crippen LogP contribution in [-0.2, 0) is 20.8 Å². The molecule has 3 rings (SSSR count). The van der Waals surface area contributed by atoms with Gasteiger partial charge in [-0.1, -0.05) is 0 Å². The van der Waals surface area contributed by atoms with Gasteiger partial charge in [0.15, 0.2) is 9.84 Å². The molecule has 0 radical (unpaired) electrons. The molecule has 1 unspecified atom stereocenters. The van der Waals surface area contributed by atoms with E-state index >= 15 is 0 Å². The molecule has 1 aromatic carbocycles. The lowest BCUT2D eigenvalue weighted by Crippen LogP contribution is -2.52. The summed E-state index contributed by atoms with van der Waals surface area (Å²) in [5.41, 5.74) is -0.661. The number of piperazine rings is 1. The van der Waals surface area contributed by atoms with Crippen molar-refractivity contribution in [2.75, 3.05) is 37.7 Å². The quantitative estimate of drug-likeness (QED) is 0.747. The number of carbonyl (C=O) groups is 2. The van der Waals surface area contributed by atoms with Gasteiger partial charge in [0.1, 0.15) is 0 Å². The Labute approximate surface area is 154 Å². The van der Waals surface area contributed by atoms with Gasteiger partial charge in [-0.15, -0.1) is 0 Å². The zero-order valence-electron chi connectivity index (χ0n) is 14.4. The monoisotopic (exact) mass is 404 g/mol. The smallest absolute Gasteiger partial charge is 0.339 e. The van der Waals surface area contributed by atoms with Crippen molar-refractivity contribution in [2.45, 2.75) is 12.6 Å². The van der Waals surface area contributed by atoms with Crippen molar-refractivity contribution >= 4 is 21.7 Å². The highest BCUT2D eigenvalue weighted by atomic mass is 32.2. The van der Waals surface area contributed by atoms with Gasteiger partial charge in [-0.05, 0) is 30.7 Å². The van der Waals surface area contributed by atoms with Gasteiger partial charge in [0.05, 0.1) is 23.0 Å². The van der Waals surface area contributed by atoms with Crippen molar-refractivity contribution in [1.82, 2.24) is 9.80 Å². The molecule has 1 aromatic rings.